The van der Waals surface area contributed by atoms with Crippen LogP contribution in [0.15, 0.2) is 54.6 Å². The molecule has 21 heavy (non-hydrogen) atoms. The Balaban J connectivity index is 2.11. The van der Waals surface area contributed by atoms with Gasteiger partial charge in [0.2, 0.25) is 0 Å². The number of fused-ring (bicyclic) bond motifs is 1. The van der Waals surface area contributed by atoms with Crippen LogP contribution in [0.1, 0.15) is 16.5 Å². The van der Waals surface area contributed by atoms with Crippen molar-refractivity contribution >= 4 is 54.6 Å². The lowest BCUT2D eigenvalue weighted by molar-refractivity contribution is 0.528. The monoisotopic (exact) mass is 429 g/mol. The molecular formula is C15H10Br2ClNO2. The molecule has 1 heterocycles. The van der Waals surface area contributed by atoms with Gasteiger partial charge in [0.05, 0.1) is 10.9 Å². The van der Waals surface area contributed by atoms with Gasteiger partial charge in [0, 0.05) is 16.0 Å². The fourth-order valence-corrected chi connectivity index (χ4v) is 3.50. The summed E-state index contributed by atoms with van der Waals surface area (Å²) in [6, 6.07) is 11.4. The second-order valence-electron chi connectivity index (χ2n) is 4.68. The summed E-state index contributed by atoms with van der Waals surface area (Å²) in [6.45, 7) is 0. The molecule has 3 nitrogen and oxygen atoms in total. The van der Waals surface area contributed by atoms with E-state index in [-0.39, 0.29) is 11.1 Å². The standard InChI is InChI=1S/C15H10Br2ClNO2/c1-19-12-5-2-8(6-13(12)21-15(19)20)14(18)10-7-9(16)3-4-11(10)17/h2-7,14H,1H3. The number of benzene rings is 2. The Morgan fingerprint density at radius 3 is 2.71 bits per heavy atom. The van der Waals surface area contributed by atoms with Crippen molar-refractivity contribution in [1.29, 1.82) is 0 Å². The molecular weight excluding hydrogens is 421 g/mol. The first kappa shape index (κ1) is 14.9. The summed E-state index contributed by atoms with van der Waals surface area (Å²) in [4.78, 5) is 11.5. The number of alkyl halides is 1. The van der Waals surface area contributed by atoms with Crippen LogP contribution in [0.25, 0.3) is 11.1 Å². The number of nitrogens with zero attached hydrogens (tertiary/aromatic N) is 1. The molecule has 0 spiro atoms. The minimum atomic E-state index is -0.378. The molecule has 108 valence electrons. The minimum Gasteiger partial charge on any atom is -0.408 e. The van der Waals surface area contributed by atoms with Gasteiger partial charge in [-0.1, -0.05) is 37.9 Å². The lowest BCUT2D eigenvalue weighted by Crippen LogP contribution is -2.08. The number of oxazole rings is 1. The molecule has 1 aromatic heterocycles. The van der Waals surface area contributed by atoms with Gasteiger partial charge in [-0.2, -0.15) is 0 Å². The molecule has 0 fully saturated rings. The Hall–Kier alpha value is -1.04. The van der Waals surface area contributed by atoms with E-state index < -0.39 is 0 Å². The summed E-state index contributed by atoms with van der Waals surface area (Å²) in [5.41, 5.74) is 3.11. The fourth-order valence-electron chi connectivity index (χ4n) is 2.20. The van der Waals surface area contributed by atoms with Gasteiger partial charge in [-0.05, 0) is 41.5 Å². The molecule has 6 heteroatoms. The minimum absolute atomic E-state index is 0.341. The fraction of sp³-hybridized carbons (Fsp3) is 0.133. The summed E-state index contributed by atoms with van der Waals surface area (Å²) in [5, 5.41) is -0.341. The molecule has 0 bridgehead atoms. The predicted octanol–water partition coefficient (Wildman–Crippen LogP) is 4.98. The first-order valence-electron chi connectivity index (χ1n) is 6.16. The Morgan fingerprint density at radius 2 is 1.95 bits per heavy atom. The zero-order valence-corrected chi connectivity index (χ0v) is 14.9. The van der Waals surface area contributed by atoms with Gasteiger partial charge in [0.25, 0.3) is 0 Å². The molecule has 0 aliphatic heterocycles. The van der Waals surface area contributed by atoms with Crippen molar-refractivity contribution < 1.29 is 4.42 Å². The van der Waals surface area contributed by atoms with Gasteiger partial charge in [-0.3, -0.25) is 4.57 Å². The molecule has 3 rings (SSSR count). The molecule has 0 N–H and O–H groups in total. The highest BCUT2D eigenvalue weighted by Crippen LogP contribution is 2.36. The molecule has 1 unspecified atom stereocenters. The average Bonchev–Trinajstić information content (AvgIpc) is 2.75. The third-order valence-corrected chi connectivity index (χ3v) is 5.04. The molecule has 0 aliphatic carbocycles. The van der Waals surface area contributed by atoms with Crippen LogP contribution in [0.3, 0.4) is 0 Å². The first-order chi connectivity index (χ1) is 9.97. The van der Waals surface area contributed by atoms with Crippen LogP contribution in [-0.2, 0) is 7.05 Å². The van der Waals surface area contributed by atoms with Crippen molar-refractivity contribution in [3.8, 4) is 0 Å². The van der Waals surface area contributed by atoms with Crippen molar-refractivity contribution in [3.05, 3.63) is 67.0 Å². The van der Waals surface area contributed by atoms with Crippen molar-refractivity contribution in [3.63, 3.8) is 0 Å². The van der Waals surface area contributed by atoms with Gasteiger partial charge in [0.1, 0.15) is 0 Å². The lowest BCUT2D eigenvalue weighted by Gasteiger charge is -2.13. The third kappa shape index (κ3) is 2.70. The number of hydrogen-bond acceptors (Lipinski definition) is 2. The van der Waals surface area contributed by atoms with E-state index in [0.717, 1.165) is 25.6 Å². The van der Waals surface area contributed by atoms with E-state index in [1.165, 1.54) is 4.57 Å². The molecule has 2 aromatic carbocycles. The number of halogens is 3. The first-order valence-corrected chi connectivity index (χ1v) is 8.18. The van der Waals surface area contributed by atoms with Crippen molar-refractivity contribution in [2.75, 3.05) is 0 Å². The van der Waals surface area contributed by atoms with E-state index in [0.29, 0.717) is 5.58 Å². The second kappa shape index (κ2) is 5.63. The van der Waals surface area contributed by atoms with Gasteiger partial charge in [-0.25, -0.2) is 4.79 Å². The topological polar surface area (TPSA) is 35.1 Å². The van der Waals surface area contributed by atoms with Crippen LogP contribution >= 0.6 is 43.5 Å². The van der Waals surface area contributed by atoms with Crippen molar-refractivity contribution in [1.82, 2.24) is 4.57 Å². The highest BCUT2D eigenvalue weighted by atomic mass is 79.9. The molecule has 3 aromatic rings. The van der Waals surface area contributed by atoms with Gasteiger partial charge in [-0.15, -0.1) is 11.6 Å². The van der Waals surface area contributed by atoms with Crippen LogP contribution in [0.5, 0.6) is 0 Å². The lowest BCUT2D eigenvalue weighted by atomic mass is 10.0. The van der Waals surface area contributed by atoms with Gasteiger partial charge in [0.15, 0.2) is 5.58 Å². The van der Waals surface area contributed by atoms with E-state index in [1.807, 2.05) is 36.4 Å². The van der Waals surface area contributed by atoms with E-state index in [4.69, 9.17) is 16.0 Å². The van der Waals surface area contributed by atoms with Crippen LogP contribution in [0.2, 0.25) is 0 Å². The molecule has 0 amide bonds. The number of aromatic nitrogens is 1. The normalized spacial score (nSPS) is 12.8. The summed E-state index contributed by atoms with van der Waals surface area (Å²) in [5.74, 6) is -0.378. The van der Waals surface area contributed by atoms with Crippen LogP contribution in [-0.4, -0.2) is 4.57 Å². The van der Waals surface area contributed by atoms with E-state index in [9.17, 15) is 4.79 Å². The highest BCUT2D eigenvalue weighted by Gasteiger charge is 2.16. The highest BCUT2D eigenvalue weighted by molar-refractivity contribution is 9.11. The largest absolute Gasteiger partial charge is 0.419 e. The predicted molar refractivity (Wildman–Crippen MR) is 91.0 cm³/mol. The summed E-state index contributed by atoms with van der Waals surface area (Å²) >= 11 is 13.5. The molecule has 0 radical (unpaired) electrons. The Labute approximate surface area is 142 Å². The van der Waals surface area contributed by atoms with Crippen LogP contribution in [0, 0.1) is 0 Å². The number of hydrogen-bond donors (Lipinski definition) is 0. The average molecular weight is 432 g/mol. The summed E-state index contributed by atoms with van der Waals surface area (Å²) in [7, 11) is 1.68. The Morgan fingerprint density at radius 1 is 1.19 bits per heavy atom. The Bertz CT molecular complexity index is 885. The maximum Gasteiger partial charge on any atom is 0.419 e. The quantitative estimate of drug-likeness (QED) is 0.536. The van der Waals surface area contributed by atoms with Crippen molar-refractivity contribution in [2.45, 2.75) is 5.38 Å². The third-order valence-electron chi connectivity index (χ3n) is 3.34. The van der Waals surface area contributed by atoms with Gasteiger partial charge < -0.3 is 4.42 Å². The summed E-state index contributed by atoms with van der Waals surface area (Å²) in [6.07, 6.45) is 0. The maximum atomic E-state index is 11.5. The van der Waals surface area contributed by atoms with Gasteiger partial charge >= 0.3 is 5.76 Å². The summed E-state index contributed by atoms with van der Waals surface area (Å²) < 4.78 is 8.56. The maximum absolute atomic E-state index is 11.5. The molecule has 0 aliphatic rings. The van der Waals surface area contributed by atoms with Crippen LogP contribution in [0.4, 0.5) is 0 Å². The number of rotatable bonds is 2. The Kier molecular flexibility index (Phi) is 3.99. The second-order valence-corrected chi connectivity index (χ2v) is 6.89. The molecule has 0 saturated carbocycles. The van der Waals surface area contributed by atoms with E-state index in [1.54, 1.807) is 7.05 Å². The SMILES string of the molecule is Cn1c(=O)oc2cc(C(Cl)c3cc(Br)ccc3Br)ccc21. The zero-order chi connectivity index (χ0) is 15.1. The van der Waals surface area contributed by atoms with E-state index in [2.05, 4.69) is 31.9 Å². The molecule has 0 saturated heterocycles. The smallest absolute Gasteiger partial charge is 0.408 e. The number of aryl methyl sites for hydroxylation is 1. The van der Waals surface area contributed by atoms with E-state index >= 15 is 0 Å². The van der Waals surface area contributed by atoms with Crippen LogP contribution < -0.4 is 5.76 Å². The zero-order valence-electron chi connectivity index (χ0n) is 10.9. The van der Waals surface area contributed by atoms with Crippen molar-refractivity contribution in [2.24, 2.45) is 7.05 Å². The molecule has 1 atom stereocenters.